The van der Waals surface area contributed by atoms with E-state index in [1.54, 1.807) is 18.3 Å². The number of anilines is 1. The van der Waals surface area contributed by atoms with Crippen molar-refractivity contribution >= 4 is 43.5 Å². The van der Waals surface area contributed by atoms with E-state index in [1.807, 2.05) is 18.2 Å². The van der Waals surface area contributed by atoms with Crippen LogP contribution in [0.4, 0.5) is 5.69 Å². The normalized spacial score (nSPS) is 10.0. The van der Waals surface area contributed by atoms with Gasteiger partial charge in [-0.15, -0.1) is 0 Å². The minimum Gasteiger partial charge on any atom is -0.321 e. The Bertz CT molecular complexity index is 543. The van der Waals surface area contributed by atoms with Crippen LogP contribution in [0.15, 0.2) is 51.7 Å². The maximum atomic E-state index is 11.9. The van der Waals surface area contributed by atoms with E-state index >= 15 is 0 Å². The molecule has 0 saturated carbocycles. The van der Waals surface area contributed by atoms with Crippen LogP contribution in [-0.4, -0.2) is 10.9 Å². The molecule has 2 aromatic rings. The summed E-state index contributed by atoms with van der Waals surface area (Å²) in [6, 6.07) is 9.01. The summed E-state index contributed by atoms with van der Waals surface area (Å²) in [5.41, 5.74) is 1.25. The Labute approximate surface area is 116 Å². The number of amides is 1. The Kier molecular flexibility index (Phi) is 3.91. The first kappa shape index (κ1) is 12.3. The average Bonchev–Trinajstić information content (AvgIpc) is 2.34. The Morgan fingerprint density at radius 1 is 1.24 bits per heavy atom. The van der Waals surface area contributed by atoms with Crippen LogP contribution in [0.25, 0.3) is 0 Å². The lowest BCUT2D eigenvalue weighted by Crippen LogP contribution is -2.12. The van der Waals surface area contributed by atoms with Crippen LogP contribution < -0.4 is 5.32 Å². The van der Waals surface area contributed by atoms with E-state index in [4.69, 9.17) is 0 Å². The maximum absolute atomic E-state index is 11.9. The van der Waals surface area contributed by atoms with E-state index in [-0.39, 0.29) is 5.91 Å². The van der Waals surface area contributed by atoms with Crippen LogP contribution in [-0.2, 0) is 0 Å². The van der Waals surface area contributed by atoms with Crippen molar-refractivity contribution in [1.29, 1.82) is 0 Å². The largest absolute Gasteiger partial charge is 0.321 e. The summed E-state index contributed by atoms with van der Waals surface area (Å²) in [5, 5.41) is 2.81. The molecule has 0 aliphatic heterocycles. The van der Waals surface area contributed by atoms with Crippen LogP contribution in [0.1, 0.15) is 10.4 Å². The average molecular weight is 356 g/mol. The van der Waals surface area contributed by atoms with Gasteiger partial charge in [-0.1, -0.05) is 15.9 Å². The van der Waals surface area contributed by atoms with Crippen LogP contribution >= 0.6 is 31.9 Å². The minimum atomic E-state index is -0.180. The third-order valence-electron chi connectivity index (χ3n) is 2.10. The first-order chi connectivity index (χ1) is 8.16. The molecule has 2 rings (SSSR count). The van der Waals surface area contributed by atoms with Crippen molar-refractivity contribution in [3.8, 4) is 0 Å². The number of hydrogen-bond donors (Lipinski definition) is 1. The molecule has 0 radical (unpaired) electrons. The van der Waals surface area contributed by atoms with E-state index < -0.39 is 0 Å². The van der Waals surface area contributed by atoms with Crippen molar-refractivity contribution in [3.05, 3.63) is 57.2 Å². The highest BCUT2D eigenvalue weighted by Crippen LogP contribution is 2.26. The van der Waals surface area contributed by atoms with Gasteiger partial charge in [-0.3, -0.25) is 9.78 Å². The molecule has 1 amide bonds. The predicted molar refractivity (Wildman–Crippen MR) is 74.0 cm³/mol. The van der Waals surface area contributed by atoms with Gasteiger partial charge in [-0.05, 0) is 46.3 Å². The van der Waals surface area contributed by atoms with Gasteiger partial charge in [0, 0.05) is 21.3 Å². The van der Waals surface area contributed by atoms with Crippen molar-refractivity contribution in [2.24, 2.45) is 0 Å². The molecule has 0 bridgehead atoms. The molecule has 0 atom stereocenters. The fourth-order valence-electron chi connectivity index (χ4n) is 1.28. The Morgan fingerprint density at radius 2 is 2.06 bits per heavy atom. The van der Waals surface area contributed by atoms with Gasteiger partial charge >= 0.3 is 0 Å². The van der Waals surface area contributed by atoms with E-state index in [0.717, 1.165) is 14.6 Å². The molecular weight excluding hydrogens is 348 g/mol. The second kappa shape index (κ2) is 5.42. The molecule has 17 heavy (non-hydrogen) atoms. The smallest absolute Gasteiger partial charge is 0.257 e. The number of rotatable bonds is 2. The lowest BCUT2D eigenvalue weighted by Gasteiger charge is -2.07. The van der Waals surface area contributed by atoms with Crippen molar-refractivity contribution in [2.75, 3.05) is 5.32 Å². The van der Waals surface area contributed by atoms with Crippen molar-refractivity contribution < 1.29 is 4.79 Å². The van der Waals surface area contributed by atoms with E-state index in [0.29, 0.717) is 5.56 Å². The topological polar surface area (TPSA) is 42.0 Å². The zero-order chi connectivity index (χ0) is 12.3. The predicted octanol–water partition coefficient (Wildman–Crippen LogP) is 3.86. The van der Waals surface area contributed by atoms with Gasteiger partial charge in [-0.2, -0.15) is 0 Å². The number of carbonyl (C=O) groups is 1. The monoisotopic (exact) mass is 354 g/mol. The van der Waals surface area contributed by atoms with Gasteiger partial charge in [0.2, 0.25) is 0 Å². The van der Waals surface area contributed by atoms with Gasteiger partial charge in [0.15, 0.2) is 0 Å². The minimum absolute atomic E-state index is 0.180. The fraction of sp³-hybridized carbons (Fsp3) is 0. The highest BCUT2D eigenvalue weighted by Gasteiger charge is 2.08. The second-order valence-electron chi connectivity index (χ2n) is 3.32. The number of pyridine rings is 1. The standard InChI is InChI=1S/C12H8Br2N2O/c13-9-3-4-11(10(14)6-9)16-12(17)8-2-1-5-15-7-8/h1-7H,(H,16,17). The lowest BCUT2D eigenvalue weighted by atomic mass is 10.2. The second-order valence-corrected chi connectivity index (χ2v) is 5.09. The molecule has 0 aliphatic rings. The summed E-state index contributed by atoms with van der Waals surface area (Å²) in [5.74, 6) is -0.180. The summed E-state index contributed by atoms with van der Waals surface area (Å²) in [7, 11) is 0. The number of nitrogens with one attached hydrogen (secondary N) is 1. The number of hydrogen-bond acceptors (Lipinski definition) is 2. The van der Waals surface area contributed by atoms with Crippen LogP contribution in [0.2, 0.25) is 0 Å². The quantitative estimate of drug-likeness (QED) is 0.888. The SMILES string of the molecule is O=C(Nc1ccc(Br)cc1Br)c1cccnc1. The van der Waals surface area contributed by atoms with Gasteiger partial charge in [0.1, 0.15) is 0 Å². The van der Waals surface area contributed by atoms with Crippen molar-refractivity contribution in [3.63, 3.8) is 0 Å². The molecule has 1 aromatic heterocycles. The van der Waals surface area contributed by atoms with Gasteiger partial charge in [0.25, 0.3) is 5.91 Å². The van der Waals surface area contributed by atoms with Crippen LogP contribution in [0, 0.1) is 0 Å². The Balaban J connectivity index is 2.19. The molecule has 0 aliphatic carbocycles. The fourth-order valence-corrected chi connectivity index (χ4v) is 2.43. The van der Waals surface area contributed by atoms with Gasteiger partial charge in [0.05, 0.1) is 11.3 Å². The molecule has 0 fully saturated rings. The van der Waals surface area contributed by atoms with E-state index in [9.17, 15) is 4.79 Å². The first-order valence-electron chi connectivity index (χ1n) is 4.83. The number of benzene rings is 1. The highest BCUT2D eigenvalue weighted by atomic mass is 79.9. The summed E-state index contributed by atoms with van der Waals surface area (Å²) >= 11 is 6.74. The third-order valence-corrected chi connectivity index (χ3v) is 3.25. The zero-order valence-electron chi connectivity index (χ0n) is 8.65. The Hall–Kier alpha value is -1.20. The molecule has 3 nitrogen and oxygen atoms in total. The third kappa shape index (κ3) is 3.14. The highest BCUT2D eigenvalue weighted by molar-refractivity contribution is 9.11. The van der Waals surface area contributed by atoms with Crippen LogP contribution in [0.3, 0.4) is 0 Å². The number of nitrogens with zero attached hydrogens (tertiary/aromatic N) is 1. The van der Waals surface area contributed by atoms with Crippen molar-refractivity contribution in [1.82, 2.24) is 4.98 Å². The Morgan fingerprint density at radius 3 is 2.71 bits per heavy atom. The molecule has 0 saturated heterocycles. The van der Waals surface area contributed by atoms with E-state index in [1.165, 1.54) is 6.20 Å². The summed E-state index contributed by atoms with van der Waals surface area (Å²) < 4.78 is 1.77. The molecule has 86 valence electrons. The van der Waals surface area contributed by atoms with E-state index in [2.05, 4.69) is 42.2 Å². The number of carbonyl (C=O) groups excluding carboxylic acids is 1. The number of aromatic nitrogens is 1. The molecule has 0 spiro atoms. The van der Waals surface area contributed by atoms with Gasteiger partial charge in [-0.25, -0.2) is 0 Å². The van der Waals surface area contributed by atoms with Gasteiger partial charge < -0.3 is 5.32 Å². The molecule has 5 heteroatoms. The van der Waals surface area contributed by atoms with Crippen LogP contribution in [0.5, 0.6) is 0 Å². The van der Waals surface area contributed by atoms with Crippen molar-refractivity contribution in [2.45, 2.75) is 0 Å². The molecule has 0 unspecified atom stereocenters. The molecular formula is C12H8Br2N2O. The zero-order valence-corrected chi connectivity index (χ0v) is 11.8. The first-order valence-corrected chi connectivity index (χ1v) is 6.42. The summed E-state index contributed by atoms with van der Waals surface area (Å²) in [4.78, 5) is 15.8. The summed E-state index contributed by atoms with van der Waals surface area (Å²) in [6.07, 6.45) is 3.16. The lowest BCUT2D eigenvalue weighted by molar-refractivity contribution is 0.102. The summed E-state index contributed by atoms with van der Waals surface area (Å²) in [6.45, 7) is 0. The number of halogens is 2. The molecule has 1 aromatic carbocycles. The maximum Gasteiger partial charge on any atom is 0.257 e. The molecule has 1 heterocycles. The molecule has 1 N–H and O–H groups in total.